The molecule has 1 saturated heterocycles. The molecule has 3 aromatic rings. The molecule has 7 heteroatoms. The molecule has 3 aromatic heterocycles. The molecule has 0 bridgehead atoms. The summed E-state index contributed by atoms with van der Waals surface area (Å²) < 4.78 is 5.33. The zero-order chi connectivity index (χ0) is 18.5. The molecule has 1 N–H and O–H groups in total. The van der Waals surface area contributed by atoms with E-state index in [4.69, 9.17) is 4.52 Å². The SMILES string of the molecule is O=C(NC[C@H](c1cccs1)N1CCCCCC1)c1cc(-c2cccs2)on1. The Labute approximate surface area is 167 Å². The highest BCUT2D eigenvalue weighted by atomic mass is 32.1. The van der Waals surface area contributed by atoms with Gasteiger partial charge in [-0.1, -0.05) is 30.1 Å². The number of thiophene rings is 2. The van der Waals surface area contributed by atoms with Crippen LogP contribution in [0, 0.1) is 0 Å². The summed E-state index contributed by atoms with van der Waals surface area (Å²) in [5.74, 6) is 0.454. The van der Waals surface area contributed by atoms with Crippen LogP contribution in [0.5, 0.6) is 0 Å². The van der Waals surface area contributed by atoms with E-state index >= 15 is 0 Å². The van der Waals surface area contributed by atoms with E-state index in [1.165, 1.54) is 30.6 Å². The van der Waals surface area contributed by atoms with Gasteiger partial charge in [-0.15, -0.1) is 22.7 Å². The summed E-state index contributed by atoms with van der Waals surface area (Å²) in [6, 6.07) is 10.1. The maximum absolute atomic E-state index is 12.6. The third-order valence-corrected chi connectivity index (χ3v) is 6.77. The molecule has 27 heavy (non-hydrogen) atoms. The number of amides is 1. The minimum atomic E-state index is -0.182. The predicted octanol–water partition coefficient (Wildman–Crippen LogP) is 4.81. The molecule has 0 aliphatic carbocycles. The van der Waals surface area contributed by atoms with Crippen LogP contribution in [0.15, 0.2) is 45.6 Å². The summed E-state index contributed by atoms with van der Waals surface area (Å²) in [5, 5.41) is 11.1. The van der Waals surface area contributed by atoms with Gasteiger partial charge in [-0.05, 0) is 48.8 Å². The first-order valence-electron chi connectivity index (χ1n) is 9.37. The second kappa shape index (κ2) is 8.82. The lowest BCUT2D eigenvalue weighted by Crippen LogP contribution is -2.38. The number of nitrogens with one attached hydrogen (secondary N) is 1. The summed E-state index contributed by atoms with van der Waals surface area (Å²) in [6.07, 6.45) is 5.04. The first kappa shape index (κ1) is 18.4. The summed E-state index contributed by atoms with van der Waals surface area (Å²) in [4.78, 5) is 17.4. The molecule has 1 atom stereocenters. The van der Waals surface area contributed by atoms with Crippen LogP contribution >= 0.6 is 22.7 Å². The number of carbonyl (C=O) groups is 1. The molecule has 0 unspecified atom stereocenters. The minimum Gasteiger partial charge on any atom is -0.355 e. The zero-order valence-corrected chi connectivity index (χ0v) is 16.7. The van der Waals surface area contributed by atoms with Crippen molar-refractivity contribution in [2.75, 3.05) is 19.6 Å². The number of rotatable bonds is 6. The Morgan fingerprint density at radius 2 is 1.93 bits per heavy atom. The van der Waals surface area contributed by atoms with Crippen LogP contribution in [-0.2, 0) is 0 Å². The summed E-state index contributed by atoms with van der Waals surface area (Å²) in [5.41, 5.74) is 0.333. The minimum absolute atomic E-state index is 0.182. The summed E-state index contributed by atoms with van der Waals surface area (Å²) in [6.45, 7) is 2.76. The van der Waals surface area contributed by atoms with Crippen LogP contribution in [-0.4, -0.2) is 35.6 Å². The summed E-state index contributed by atoms with van der Waals surface area (Å²) >= 11 is 3.32. The Hall–Kier alpha value is -1.96. The Balaban J connectivity index is 1.43. The van der Waals surface area contributed by atoms with Crippen molar-refractivity contribution in [3.63, 3.8) is 0 Å². The van der Waals surface area contributed by atoms with Gasteiger partial charge in [0.05, 0.1) is 10.9 Å². The molecular weight excluding hydrogens is 378 g/mol. The number of carbonyl (C=O) groups excluding carboxylic acids is 1. The van der Waals surface area contributed by atoms with Crippen LogP contribution in [0.25, 0.3) is 10.6 Å². The number of aromatic nitrogens is 1. The molecule has 1 aliphatic rings. The van der Waals surface area contributed by atoms with Gasteiger partial charge in [0, 0.05) is 17.5 Å². The molecule has 0 aromatic carbocycles. The lowest BCUT2D eigenvalue weighted by atomic mass is 10.2. The van der Waals surface area contributed by atoms with Crippen molar-refractivity contribution in [2.45, 2.75) is 31.7 Å². The number of hydrogen-bond donors (Lipinski definition) is 1. The molecular formula is C20H23N3O2S2. The highest BCUT2D eigenvalue weighted by Gasteiger charge is 2.24. The van der Waals surface area contributed by atoms with Crippen molar-refractivity contribution in [3.8, 4) is 10.6 Å². The zero-order valence-electron chi connectivity index (χ0n) is 15.1. The van der Waals surface area contributed by atoms with Gasteiger partial charge in [0.1, 0.15) is 0 Å². The normalized spacial score (nSPS) is 16.7. The van der Waals surface area contributed by atoms with E-state index in [1.807, 2.05) is 17.5 Å². The van der Waals surface area contributed by atoms with Crippen LogP contribution in [0.1, 0.15) is 47.1 Å². The Bertz CT molecular complexity index is 835. The maximum Gasteiger partial charge on any atom is 0.273 e. The van der Waals surface area contributed by atoms with Crippen molar-refractivity contribution in [3.05, 3.63) is 51.7 Å². The molecule has 0 saturated carbocycles. The molecule has 1 aliphatic heterocycles. The standard InChI is InChI=1S/C20H23N3O2S2/c24-20(15-13-17(25-22-15)19-8-6-12-27-19)21-14-16(18-7-5-11-26-18)23-9-3-1-2-4-10-23/h5-8,11-13,16H,1-4,9-10,14H2,(H,21,24)/t16-/m1/s1. The van der Waals surface area contributed by atoms with Crippen LogP contribution in [0.2, 0.25) is 0 Å². The molecule has 0 radical (unpaired) electrons. The smallest absolute Gasteiger partial charge is 0.273 e. The first-order chi connectivity index (χ1) is 13.3. The molecule has 4 heterocycles. The van der Waals surface area contributed by atoms with Crippen molar-refractivity contribution in [2.24, 2.45) is 0 Å². The highest BCUT2D eigenvalue weighted by molar-refractivity contribution is 7.13. The van der Waals surface area contributed by atoms with E-state index in [2.05, 4.69) is 32.9 Å². The van der Waals surface area contributed by atoms with Crippen molar-refractivity contribution in [1.82, 2.24) is 15.4 Å². The van der Waals surface area contributed by atoms with Gasteiger partial charge >= 0.3 is 0 Å². The Kier molecular flexibility index (Phi) is 6.01. The van der Waals surface area contributed by atoms with Gasteiger partial charge in [-0.3, -0.25) is 9.69 Å². The van der Waals surface area contributed by atoms with E-state index in [-0.39, 0.29) is 11.9 Å². The van der Waals surface area contributed by atoms with Crippen molar-refractivity contribution < 1.29 is 9.32 Å². The second-order valence-electron chi connectivity index (χ2n) is 6.75. The monoisotopic (exact) mass is 401 g/mol. The van der Waals surface area contributed by atoms with E-state index in [0.717, 1.165) is 18.0 Å². The highest BCUT2D eigenvalue weighted by Crippen LogP contribution is 2.28. The van der Waals surface area contributed by atoms with Gasteiger partial charge in [-0.2, -0.15) is 0 Å². The average Bonchev–Trinajstić information content (AvgIpc) is 3.42. The Morgan fingerprint density at radius 3 is 2.63 bits per heavy atom. The second-order valence-corrected chi connectivity index (χ2v) is 8.67. The van der Waals surface area contributed by atoms with Crippen molar-refractivity contribution >= 4 is 28.6 Å². The fraction of sp³-hybridized carbons (Fsp3) is 0.400. The van der Waals surface area contributed by atoms with E-state index < -0.39 is 0 Å². The molecule has 0 spiro atoms. The van der Waals surface area contributed by atoms with E-state index in [9.17, 15) is 4.79 Å². The summed E-state index contributed by atoms with van der Waals surface area (Å²) in [7, 11) is 0. The number of likely N-dealkylation sites (tertiary alicyclic amines) is 1. The third-order valence-electron chi connectivity index (χ3n) is 4.92. The van der Waals surface area contributed by atoms with Gasteiger partial charge in [-0.25, -0.2) is 0 Å². The van der Waals surface area contributed by atoms with Gasteiger partial charge in [0.2, 0.25) is 0 Å². The fourth-order valence-electron chi connectivity index (χ4n) is 3.49. The van der Waals surface area contributed by atoms with Crippen LogP contribution in [0.3, 0.4) is 0 Å². The largest absolute Gasteiger partial charge is 0.355 e. The first-order valence-corrected chi connectivity index (χ1v) is 11.1. The number of nitrogens with zero attached hydrogens (tertiary/aromatic N) is 2. The molecule has 5 nitrogen and oxygen atoms in total. The van der Waals surface area contributed by atoms with Gasteiger partial charge in [0.25, 0.3) is 5.91 Å². The molecule has 1 fully saturated rings. The van der Waals surface area contributed by atoms with E-state index in [1.54, 1.807) is 28.7 Å². The van der Waals surface area contributed by atoms with Crippen LogP contribution in [0.4, 0.5) is 0 Å². The fourth-order valence-corrected chi connectivity index (χ4v) is 5.03. The Morgan fingerprint density at radius 1 is 1.15 bits per heavy atom. The maximum atomic E-state index is 12.6. The van der Waals surface area contributed by atoms with Gasteiger partial charge in [0.15, 0.2) is 11.5 Å². The number of hydrogen-bond acceptors (Lipinski definition) is 6. The molecule has 4 rings (SSSR count). The average molecular weight is 402 g/mol. The van der Waals surface area contributed by atoms with Crippen molar-refractivity contribution in [1.29, 1.82) is 0 Å². The van der Waals surface area contributed by atoms with E-state index in [0.29, 0.717) is 18.0 Å². The predicted molar refractivity (Wildman–Crippen MR) is 109 cm³/mol. The van der Waals surface area contributed by atoms with Crippen LogP contribution < -0.4 is 5.32 Å². The molecule has 142 valence electrons. The molecule has 1 amide bonds. The quantitative estimate of drug-likeness (QED) is 0.644. The van der Waals surface area contributed by atoms with Gasteiger partial charge < -0.3 is 9.84 Å². The lowest BCUT2D eigenvalue weighted by molar-refractivity contribution is 0.0925. The topological polar surface area (TPSA) is 58.4 Å². The third kappa shape index (κ3) is 4.48. The lowest BCUT2D eigenvalue weighted by Gasteiger charge is -2.30.